The van der Waals surface area contributed by atoms with Crippen molar-refractivity contribution in [3.63, 3.8) is 0 Å². The third-order valence-corrected chi connectivity index (χ3v) is 8.03. The normalized spacial score (nSPS) is 21.7. The first-order valence-electron chi connectivity index (χ1n) is 11.4. The summed E-state index contributed by atoms with van der Waals surface area (Å²) in [5.41, 5.74) is 2.45. The van der Waals surface area contributed by atoms with Gasteiger partial charge in [0.2, 0.25) is 0 Å². The Labute approximate surface area is 204 Å². The molecule has 0 spiro atoms. The van der Waals surface area contributed by atoms with Gasteiger partial charge in [-0.25, -0.2) is 0 Å². The molecule has 0 atom stereocenters. The Morgan fingerprint density at radius 3 is 2.47 bits per heavy atom. The van der Waals surface area contributed by atoms with Crippen LogP contribution in [-0.4, -0.2) is 47.2 Å². The Hall–Kier alpha value is -1.21. The van der Waals surface area contributed by atoms with E-state index in [0.29, 0.717) is 28.6 Å². The second-order valence-electron chi connectivity index (χ2n) is 8.54. The molecule has 32 heavy (non-hydrogen) atoms. The van der Waals surface area contributed by atoms with Crippen LogP contribution in [0.2, 0.25) is 10.0 Å². The number of aromatic nitrogens is 1. The quantitative estimate of drug-likeness (QED) is 0.304. The van der Waals surface area contributed by atoms with Gasteiger partial charge in [0.25, 0.3) is 0 Å². The number of halogens is 2. The maximum atomic E-state index is 6.47. The van der Waals surface area contributed by atoms with Crippen LogP contribution in [0.1, 0.15) is 62.7 Å². The van der Waals surface area contributed by atoms with E-state index in [1.165, 1.54) is 0 Å². The Bertz CT molecular complexity index is 932. The van der Waals surface area contributed by atoms with Gasteiger partial charge < -0.3 is 14.2 Å². The Morgan fingerprint density at radius 1 is 1.19 bits per heavy atom. The van der Waals surface area contributed by atoms with Crippen molar-refractivity contribution in [1.82, 2.24) is 10.1 Å². The fourth-order valence-electron chi connectivity index (χ4n) is 4.46. The van der Waals surface area contributed by atoms with Crippen LogP contribution < -0.4 is 0 Å². The SMILES string of the molecule is CCSC(=NC)N(C)C1CCC(OCc2c(-c3c(Cl)cccc3Cl)noc2C2CC2)CC1. The molecule has 4 rings (SSSR count). The zero-order valence-corrected chi connectivity index (χ0v) is 21.3. The number of hydrogen-bond acceptors (Lipinski definition) is 5. The standard InChI is InChI=1S/C24H31Cl2N3O2S/c1-4-32-24(27-2)29(3)16-10-12-17(13-11-16)30-14-18-22(28-31-23(18)15-8-9-15)21-19(25)6-5-7-20(21)26/h5-7,15-17H,4,8-14H2,1-3H3. The van der Waals surface area contributed by atoms with Crippen LogP contribution in [0, 0.1) is 0 Å². The summed E-state index contributed by atoms with van der Waals surface area (Å²) in [4.78, 5) is 6.80. The van der Waals surface area contributed by atoms with Gasteiger partial charge in [-0.1, -0.05) is 53.1 Å². The molecule has 1 aromatic heterocycles. The van der Waals surface area contributed by atoms with E-state index >= 15 is 0 Å². The van der Waals surface area contributed by atoms with E-state index < -0.39 is 0 Å². The number of nitrogens with zero attached hydrogens (tertiary/aromatic N) is 3. The van der Waals surface area contributed by atoms with Gasteiger partial charge in [0, 0.05) is 37.2 Å². The summed E-state index contributed by atoms with van der Waals surface area (Å²) in [7, 11) is 4.04. The summed E-state index contributed by atoms with van der Waals surface area (Å²) in [5.74, 6) is 2.41. The second-order valence-corrected chi connectivity index (χ2v) is 10.6. The summed E-state index contributed by atoms with van der Waals surface area (Å²) in [6, 6.07) is 6.03. The number of rotatable bonds is 7. The zero-order valence-electron chi connectivity index (χ0n) is 18.9. The number of aliphatic imine (C=N–C) groups is 1. The minimum atomic E-state index is 0.233. The number of benzene rings is 1. The van der Waals surface area contributed by atoms with Crippen LogP contribution in [0.15, 0.2) is 27.7 Å². The number of amidine groups is 1. The van der Waals surface area contributed by atoms with E-state index in [0.717, 1.165) is 72.0 Å². The Balaban J connectivity index is 1.42. The zero-order chi connectivity index (χ0) is 22.7. The summed E-state index contributed by atoms with van der Waals surface area (Å²) < 4.78 is 12.2. The van der Waals surface area contributed by atoms with E-state index in [1.807, 2.05) is 25.2 Å². The third-order valence-electron chi connectivity index (χ3n) is 6.39. The van der Waals surface area contributed by atoms with Gasteiger partial charge in [-0.15, -0.1) is 0 Å². The first kappa shape index (κ1) is 23.9. The van der Waals surface area contributed by atoms with E-state index in [-0.39, 0.29) is 6.10 Å². The largest absolute Gasteiger partial charge is 0.373 e. The lowest BCUT2D eigenvalue weighted by Crippen LogP contribution is -2.39. The van der Waals surface area contributed by atoms with Crippen molar-refractivity contribution in [2.24, 2.45) is 4.99 Å². The molecule has 5 nitrogen and oxygen atoms in total. The van der Waals surface area contributed by atoms with E-state index in [9.17, 15) is 0 Å². The predicted molar refractivity (Wildman–Crippen MR) is 134 cm³/mol. The molecule has 2 aliphatic carbocycles. The maximum Gasteiger partial charge on any atom is 0.158 e. The molecule has 0 bridgehead atoms. The van der Waals surface area contributed by atoms with Crippen LogP contribution in [-0.2, 0) is 11.3 Å². The molecule has 2 fully saturated rings. The van der Waals surface area contributed by atoms with Gasteiger partial charge in [0.15, 0.2) is 5.17 Å². The highest BCUT2D eigenvalue weighted by Crippen LogP contribution is 2.46. The molecule has 0 saturated heterocycles. The third kappa shape index (κ3) is 5.30. The molecular formula is C24H31Cl2N3O2S. The molecule has 0 unspecified atom stereocenters. The van der Waals surface area contributed by atoms with Crippen molar-refractivity contribution in [3.05, 3.63) is 39.6 Å². The van der Waals surface area contributed by atoms with Crippen molar-refractivity contribution in [1.29, 1.82) is 0 Å². The fourth-order valence-corrected chi connectivity index (χ4v) is 5.77. The summed E-state index contributed by atoms with van der Waals surface area (Å²) in [6.07, 6.45) is 6.78. The number of hydrogen-bond donors (Lipinski definition) is 0. The molecule has 2 aromatic rings. The average Bonchev–Trinajstić information content (AvgIpc) is 3.56. The minimum absolute atomic E-state index is 0.233. The van der Waals surface area contributed by atoms with E-state index in [4.69, 9.17) is 32.5 Å². The highest BCUT2D eigenvalue weighted by Gasteiger charge is 2.34. The molecule has 0 N–H and O–H groups in total. The monoisotopic (exact) mass is 495 g/mol. The lowest BCUT2D eigenvalue weighted by atomic mass is 9.92. The average molecular weight is 497 g/mol. The van der Waals surface area contributed by atoms with Gasteiger partial charge in [-0.3, -0.25) is 4.99 Å². The van der Waals surface area contributed by atoms with Crippen molar-refractivity contribution < 1.29 is 9.26 Å². The number of ether oxygens (including phenoxy) is 1. The van der Waals surface area contributed by atoms with Crippen LogP contribution >= 0.6 is 35.0 Å². The lowest BCUT2D eigenvalue weighted by molar-refractivity contribution is 0.00577. The van der Waals surface area contributed by atoms with Gasteiger partial charge in [0.1, 0.15) is 11.5 Å². The Morgan fingerprint density at radius 2 is 1.88 bits per heavy atom. The van der Waals surface area contributed by atoms with Gasteiger partial charge in [0.05, 0.1) is 22.8 Å². The second kappa shape index (κ2) is 10.8. The number of thioether (sulfide) groups is 1. The topological polar surface area (TPSA) is 50.9 Å². The highest BCUT2D eigenvalue weighted by atomic mass is 35.5. The highest BCUT2D eigenvalue weighted by molar-refractivity contribution is 8.13. The summed E-state index contributed by atoms with van der Waals surface area (Å²) in [6.45, 7) is 2.64. The molecule has 0 aliphatic heterocycles. The molecule has 0 amide bonds. The smallest absolute Gasteiger partial charge is 0.158 e. The summed E-state index contributed by atoms with van der Waals surface area (Å²) >= 11 is 14.7. The van der Waals surface area contributed by atoms with Gasteiger partial charge in [-0.2, -0.15) is 0 Å². The van der Waals surface area contributed by atoms with Crippen LogP contribution in [0.3, 0.4) is 0 Å². The van der Waals surface area contributed by atoms with E-state index in [1.54, 1.807) is 11.8 Å². The van der Waals surface area contributed by atoms with Crippen molar-refractivity contribution in [2.75, 3.05) is 19.8 Å². The molecule has 8 heteroatoms. The first-order valence-corrected chi connectivity index (χ1v) is 13.1. The minimum Gasteiger partial charge on any atom is -0.373 e. The van der Waals surface area contributed by atoms with Gasteiger partial charge >= 0.3 is 0 Å². The lowest BCUT2D eigenvalue weighted by Gasteiger charge is -2.36. The first-order chi connectivity index (χ1) is 15.5. The van der Waals surface area contributed by atoms with Crippen molar-refractivity contribution in [2.45, 2.75) is 70.1 Å². The predicted octanol–water partition coefficient (Wildman–Crippen LogP) is 7.02. The fraction of sp³-hybridized carbons (Fsp3) is 0.583. The van der Waals surface area contributed by atoms with Crippen LogP contribution in [0.4, 0.5) is 0 Å². The summed E-state index contributed by atoms with van der Waals surface area (Å²) in [5, 5.41) is 6.65. The van der Waals surface area contributed by atoms with Crippen molar-refractivity contribution >= 4 is 40.1 Å². The Kier molecular flexibility index (Phi) is 8.09. The van der Waals surface area contributed by atoms with Crippen LogP contribution in [0.25, 0.3) is 11.3 Å². The molecule has 174 valence electrons. The molecule has 2 aliphatic rings. The molecule has 0 radical (unpaired) electrons. The molecule has 1 heterocycles. The molecule has 1 aromatic carbocycles. The molecular weight excluding hydrogens is 465 g/mol. The molecule has 2 saturated carbocycles. The van der Waals surface area contributed by atoms with Gasteiger partial charge in [-0.05, 0) is 56.4 Å². The van der Waals surface area contributed by atoms with Crippen LogP contribution in [0.5, 0.6) is 0 Å². The van der Waals surface area contributed by atoms with Crippen molar-refractivity contribution in [3.8, 4) is 11.3 Å². The van der Waals surface area contributed by atoms with E-state index in [2.05, 4.69) is 29.0 Å². The maximum absolute atomic E-state index is 6.47.